The number of pyridine rings is 1. The van der Waals surface area contributed by atoms with E-state index in [0.717, 1.165) is 23.6 Å². The first-order chi connectivity index (χ1) is 19.8. The Kier molecular flexibility index (Phi) is 8.89. The number of aromatic nitrogens is 1. The molecule has 12 nitrogen and oxygen atoms in total. The number of carbonyl (C=O) groups is 1. The van der Waals surface area contributed by atoms with Gasteiger partial charge in [-0.25, -0.2) is 31.7 Å². The molecule has 0 aliphatic heterocycles. The van der Waals surface area contributed by atoms with Crippen LogP contribution >= 0.6 is 0 Å². The highest BCUT2D eigenvalue weighted by Crippen LogP contribution is 2.34. The number of hydrogen-bond acceptors (Lipinski definition) is 10. The van der Waals surface area contributed by atoms with Gasteiger partial charge in [0.05, 0.1) is 22.5 Å². The van der Waals surface area contributed by atoms with Crippen molar-refractivity contribution in [1.82, 2.24) is 9.71 Å². The Labute approximate surface area is 244 Å². The van der Waals surface area contributed by atoms with Crippen molar-refractivity contribution >= 4 is 48.2 Å². The molecule has 0 spiro atoms. The molecule has 14 heteroatoms. The summed E-state index contributed by atoms with van der Waals surface area (Å²) >= 11 is 0. The van der Waals surface area contributed by atoms with Crippen molar-refractivity contribution in [2.75, 3.05) is 17.7 Å². The molecule has 0 aliphatic rings. The number of nitrogens with zero attached hydrogens (tertiary/aromatic N) is 1. The molecule has 0 radical (unpaired) electrons. The summed E-state index contributed by atoms with van der Waals surface area (Å²) in [6.07, 6.45) is 1.40. The third kappa shape index (κ3) is 7.08. The van der Waals surface area contributed by atoms with Crippen molar-refractivity contribution in [2.24, 2.45) is 5.14 Å². The second-order valence-electron chi connectivity index (χ2n) is 9.50. The third-order valence-electron chi connectivity index (χ3n) is 6.01. The minimum Gasteiger partial charge on any atom is -0.490 e. The Morgan fingerprint density at radius 1 is 0.952 bits per heavy atom. The van der Waals surface area contributed by atoms with Gasteiger partial charge in [-0.15, -0.1) is 0 Å². The third-order valence-corrected chi connectivity index (χ3v) is 8.27. The second kappa shape index (κ2) is 12.2. The Balaban J connectivity index is 1.75. The van der Waals surface area contributed by atoms with Crippen molar-refractivity contribution < 1.29 is 31.1 Å². The number of fused-ring (bicyclic) bond motifs is 1. The van der Waals surface area contributed by atoms with E-state index in [1.54, 1.807) is 55.6 Å². The van der Waals surface area contributed by atoms with Crippen LogP contribution in [0.5, 0.6) is 11.5 Å². The van der Waals surface area contributed by atoms with E-state index in [4.69, 9.17) is 20.3 Å². The first-order valence-electron chi connectivity index (χ1n) is 12.8. The van der Waals surface area contributed by atoms with E-state index in [9.17, 15) is 21.6 Å². The quantitative estimate of drug-likeness (QED) is 0.195. The topological polar surface area (TPSA) is 193 Å². The van der Waals surface area contributed by atoms with Crippen LogP contribution in [0, 0.1) is 0 Å². The summed E-state index contributed by atoms with van der Waals surface area (Å²) in [4.78, 5) is 16.9. The fraction of sp³-hybridized carbons (Fsp3) is 0.214. The van der Waals surface area contributed by atoms with Gasteiger partial charge in [0.25, 0.3) is 15.9 Å². The van der Waals surface area contributed by atoms with E-state index in [1.807, 2.05) is 18.6 Å². The highest BCUT2D eigenvalue weighted by atomic mass is 32.2. The molecule has 222 valence electrons. The van der Waals surface area contributed by atoms with Crippen molar-refractivity contribution in [2.45, 2.75) is 42.7 Å². The summed E-state index contributed by atoms with van der Waals surface area (Å²) in [5.41, 5.74) is 6.83. The minimum absolute atomic E-state index is 0.148. The van der Waals surface area contributed by atoms with Crippen molar-refractivity contribution in [1.29, 1.82) is 0 Å². The van der Waals surface area contributed by atoms with Crippen molar-refractivity contribution in [3.05, 3.63) is 78.5 Å². The highest BCUT2D eigenvalue weighted by Gasteiger charge is 2.28. The van der Waals surface area contributed by atoms with E-state index in [-0.39, 0.29) is 6.10 Å². The molecule has 1 atom stereocenters. The number of anilines is 2. The van der Waals surface area contributed by atoms with Gasteiger partial charge in [-0.3, -0.25) is 4.79 Å². The summed E-state index contributed by atoms with van der Waals surface area (Å²) in [6.45, 7) is 5.83. The average molecular weight is 614 g/mol. The number of nitrogens with two attached hydrogens (primary N) is 2. The molecule has 0 fully saturated rings. The molecule has 4 aromatic rings. The van der Waals surface area contributed by atoms with Crippen LogP contribution in [0.4, 0.5) is 11.5 Å². The lowest BCUT2D eigenvalue weighted by Crippen LogP contribution is -2.37. The van der Waals surface area contributed by atoms with E-state index in [2.05, 4.69) is 10.3 Å². The predicted molar refractivity (Wildman–Crippen MR) is 159 cm³/mol. The number of hydrogen-bond donors (Lipinski definition) is 4. The van der Waals surface area contributed by atoms with Crippen LogP contribution in [-0.4, -0.2) is 40.4 Å². The second-order valence-corrected chi connectivity index (χ2v) is 12.7. The zero-order chi connectivity index (χ0) is 30.7. The number of amides is 1. The van der Waals surface area contributed by atoms with E-state index in [0.29, 0.717) is 40.6 Å². The summed E-state index contributed by atoms with van der Waals surface area (Å²) in [5.74, 6) is 0.217. The van der Waals surface area contributed by atoms with E-state index < -0.39 is 41.8 Å². The fourth-order valence-corrected chi connectivity index (χ4v) is 5.82. The maximum atomic E-state index is 13.7. The number of carbonyl (C=O) groups excluding carboxylic acids is 1. The first-order valence-corrected chi connectivity index (χ1v) is 15.8. The Hall–Kier alpha value is -4.40. The van der Waals surface area contributed by atoms with Crippen LogP contribution in [0.3, 0.4) is 0 Å². The van der Waals surface area contributed by atoms with Gasteiger partial charge in [-0.2, -0.15) is 0 Å². The first kappa shape index (κ1) is 30.6. The molecule has 0 aliphatic carbocycles. The number of nitrogen functional groups attached to an aromatic ring is 1. The van der Waals surface area contributed by atoms with Gasteiger partial charge < -0.3 is 20.5 Å². The summed E-state index contributed by atoms with van der Waals surface area (Å²) in [6, 6.07) is 14.9. The Morgan fingerprint density at radius 2 is 1.69 bits per heavy atom. The summed E-state index contributed by atoms with van der Waals surface area (Å²) in [7, 11) is -8.70. The largest absolute Gasteiger partial charge is 0.490 e. The lowest BCUT2D eigenvalue weighted by atomic mass is 10.0. The SMILES string of the molecule is CCOc1cc(C(Nc2ccc3c(N)nccc3c2)C(=O)NS(=O)(=O)c2cccc(S(N)(=O)=O)c2)ccc1OC(C)C. The highest BCUT2D eigenvalue weighted by molar-refractivity contribution is 7.90. The Bertz CT molecular complexity index is 1840. The lowest BCUT2D eigenvalue weighted by molar-refractivity contribution is -0.120. The maximum absolute atomic E-state index is 13.7. The van der Waals surface area contributed by atoms with E-state index >= 15 is 0 Å². The summed E-state index contributed by atoms with van der Waals surface area (Å²) < 4.78 is 63.6. The van der Waals surface area contributed by atoms with Crippen LogP contribution in [0.15, 0.2) is 82.7 Å². The van der Waals surface area contributed by atoms with E-state index in [1.165, 1.54) is 6.07 Å². The predicted octanol–water partition coefficient (Wildman–Crippen LogP) is 3.31. The van der Waals surface area contributed by atoms with Gasteiger partial charge in [0.1, 0.15) is 11.9 Å². The molecule has 0 saturated heterocycles. The molecule has 1 amide bonds. The number of sulfonamides is 2. The number of benzene rings is 3. The van der Waals surface area contributed by atoms with Gasteiger partial charge in [0, 0.05) is 17.3 Å². The molecular weight excluding hydrogens is 582 g/mol. The van der Waals surface area contributed by atoms with Gasteiger partial charge in [-0.1, -0.05) is 12.1 Å². The average Bonchev–Trinajstić information content (AvgIpc) is 2.92. The lowest BCUT2D eigenvalue weighted by Gasteiger charge is -2.22. The van der Waals surface area contributed by atoms with Gasteiger partial charge in [0.15, 0.2) is 11.5 Å². The molecule has 1 unspecified atom stereocenters. The number of primary sulfonamides is 1. The molecule has 1 heterocycles. The standard InChI is InChI=1S/C28H31N5O7S2/c1-4-39-25-15-19(8-11-24(25)40-17(2)3)26(32-20-9-10-23-18(14-20)12-13-31-27(23)29)28(34)33-42(37,38)22-7-5-6-21(16-22)41(30,35)36/h5-17,26,32H,4H2,1-3H3,(H2,29,31)(H,33,34)(H2,30,35,36). The fourth-order valence-electron chi connectivity index (χ4n) is 4.15. The molecule has 1 aromatic heterocycles. The zero-order valence-corrected chi connectivity index (χ0v) is 24.7. The molecular formula is C28H31N5O7S2. The van der Waals surface area contributed by atoms with Crippen LogP contribution in [0.2, 0.25) is 0 Å². The maximum Gasteiger partial charge on any atom is 0.264 e. The molecule has 3 aromatic carbocycles. The van der Waals surface area contributed by atoms with Gasteiger partial charge in [-0.05, 0) is 86.3 Å². The number of nitrogens with one attached hydrogen (secondary N) is 2. The summed E-state index contributed by atoms with van der Waals surface area (Å²) in [5, 5.41) is 9.70. The smallest absolute Gasteiger partial charge is 0.264 e. The minimum atomic E-state index is -4.51. The van der Waals surface area contributed by atoms with Crippen LogP contribution in [0.1, 0.15) is 32.4 Å². The van der Waals surface area contributed by atoms with Crippen LogP contribution in [0.25, 0.3) is 10.8 Å². The molecule has 0 saturated carbocycles. The normalized spacial score (nSPS) is 12.6. The molecule has 4 rings (SSSR count). The van der Waals surface area contributed by atoms with Gasteiger partial charge in [0.2, 0.25) is 10.0 Å². The number of rotatable bonds is 11. The van der Waals surface area contributed by atoms with Crippen molar-refractivity contribution in [3.8, 4) is 11.5 Å². The molecule has 6 N–H and O–H groups in total. The molecule has 0 bridgehead atoms. The monoisotopic (exact) mass is 613 g/mol. The van der Waals surface area contributed by atoms with Gasteiger partial charge >= 0.3 is 0 Å². The zero-order valence-electron chi connectivity index (χ0n) is 23.1. The van der Waals surface area contributed by atoms with Crippen LogP contribution in [-0.2, 0) is 24.8 Å². The van der Waals surface area contributed by atoms with Crippen LogP contribution < -0.4 is 30.4 Å². The molecule has 42 heavy (non-hydrogen) atoms. The van der Waals surface area contributed by atoms with Crippen molar-refractivity contribution in [3.63, 3.8) is 0 Å². The number of ether oxygens (including phenoxy) is 2. The Morgan fingerprint density at radius 3 is 2.38 bits per heavy atom.